The summed E-state index contributed by atoms with van der Waals surface area (Å²) >= 11 is 0. The van der Waals surface area contributed by atoms with Crippen molar-refractivity contribution in [2.24, 2.45) is 0 Å². The number of benzene rings is 1. The third-order valence-electron chi connectivity index (χ3n) is 3.62. The van der Waals surface area contributed by atoms with Crippen molar-refractivity contribution < 1.29 is 13.9 Å². The van der Waals surface area contributed by atoms with Gasteiger partial charge in [-0.05, 0) is 24.3 Å². The second kappa shape index (κ2) is 6.04. The fraction of sp³-hybridized carbons (Fsp3) is 0.188. The van der Waals surface area contributed by atoms with Gasteiger partial charge in [0.05, 0.1) is 13.1 Å². The van der Waals surface area contributed by atoms with Gasteiger partial charge in [-0.3, -0.25) is 15.2 Å². The molecule has 1 aliphatic heterocycles. The Morgan fingerprint density at radius 3 is 3.04 bits per heavy atom. The third-order valence-corrected chi connectivity index (χ3v) is 3.62. The number of fused-ring (bicyclic) bond motifs is 1. The van der Waals surface area contributed by atoms with Gasteiger partial charge in [0.25, 0.3) is 5.91 Å². The fourth-order valence-corrected chi connectivity index (χ4v) is 2.42. The Kier molecular flexibility index (Phi) is 3.92. The lowest BCUT2D eigenvalue weighted by Gasteiger charge is -2.20. The van der Waals surface area contributed by atoms with Crippen molar-refractivity contribution >= 4 is 17.3 Å². The molecule has 0 saturated heterocycles. The number of nitrogens with zero attached hydrogens (tertiary/aromatic N) is 2. The number of aromatic nitrogens is 1. The topological polar surface area (TPSA) is 92.3 Å². The zero-order chi connectivity index (χ0) is 16.4. The first-order valence-corrected chi connectivity index (χ1v) is 7.05. The van der Waals surface area contributed by atoms with Crippen molar-refractivity contribution in [2.75, 3.05) is 18.9 Å². The molecule has 3 N–H and O–H groups in total. The molecule has 7 heteroatoms. The molecule has 23 heavy (non-hydrogen) atoms. The molecule has 0 bridgehead atoms. The van der Waals surface area contributed by atoms with Crippen LogP contribution in [0.4, 0.5) is 10.1 Å². The van der Waals surface area contributed by atoms with E-state index >= 15 is 0 Å². The average molecular weight is 314 g/mol. The lowest BCUT2D eigenvalue weighted by molar-refractivity contribution is -0.124. The molecule has 0 aliphatic carbocycles. The number of pyridine rings is 1. The van der Waals surface area contributed by atoms with Crippen LogP contribution in [-0.2, 0) is 11.3 Å². The van der Waals surface area contributed by atoms with Crippen LogP contribution in [0.1, 0.15) is 11.1 Å². The highest BCUT2D eigenvalue weighted by Crippen LogP contribution is 2.22. The molecule has 0 unspecified atom stereocenters. The highest BCUT2D eigenvalue weighted by molar-refractivity contribution is 6.45. The van der Waals surface area contributed by atoms with Gasteiger partial charge in [0, 0.05) is 29.2 Å². The molecule has 2 heterocycles. The maximum absolute atomic E-state index is 13.4. The molecular formula is C16H15FN4O2. The Balaban J connectivity index is 1.85. The molecule has 1 amide bonds. The number of rotatable bonds is 2. The van der Waals surface area contributed by atoms with Crippen LogP contribution in [0, 0.1) is 11.2 Å². The second-order valence-corrected chi connectivity index (χ2v) is 5.17. The molecule has 1 aromatic carbocycles. The molecule has 0 fully saturated rings. The van der Waals surface area contributed by atoms with E-state index in [0.29, 0.717) is 18.9 Å². The van der Waals surface area contributed by atoms with Crippen molar-refractivity contribution in [1.29, 1.82) is 5.41 Å². The molecule has 0 radical (unpaired) electrons. The summed E-state index contributed by atoms with van der Waals surface area (Å²) in [5, 5.41) is 8.07. The Morgan fingerprint density at radius 2 is 2.22 bits per heavy atom. The fourth-order valence-electron chi connectivity index (χ4n) is 2.42. The minimum atomic E-state index is -0.541. The van der Waals surface area contributed by atoms with Gasteiger partial charge < -0.3 is 15.4 Å². The molecule has 6 nitrogen and oxygen atoms in total. The Bertz CT molecular complexity index is 778. The standard InChI is InChI=1S/C16H15FN4O2/c17-11-1-2-13(18)12(7-11)15(19)16(22)21-5-6-23-14-3-4-20-8-10(14)9-21/h1-4,7-8,19H,5-6,9,18H2. The van der Waals surface area contributed by atoms with Gasteiger partial charge in [-0.15, -0.1) is 0 Å². The number of nitrogen functional groups attached to an aromatic ring is 1. The first kappa shape index (κ1) is 15.0. The minimum Gasteiger partial charge on any atom is -0.491 e. The molecule has 1 aromatic heterocycles. The van der Waals surface area contributed by atoms with Crippen LogP contribution in [0.25, 0.3) is 0 Å². The normalized spacial score (nSPS) is 13.7. The van der Waals surface area contributed by atoms with Gasteiger partial charge >= 0.3 is 0 Å². The van der Waals surface area contributed by atoms with Gasteiger partial charge in [0.2, 0.25) is 0 Å². The quantitative estimate of drug-likeness (QED) is 0.650. The highest BCUT2D eigenvalue weighted by Gasteiger charge is 2.25. The van der Waals surface area contributed by atoms with Crippen LogP contribution in [0.15, 0.2) is 36.7 Å². The van der Waals surface area contributed by atoms with Crippen molar-refractivity contribution in [3.8, 4) is 5.75 Å². The Hall–Kier alpha value is -2.96. The number of anilines is 1. The zero-order valence-corrected chi connectivity index (χ0v) is 12.3. The van der Waals surface area contributed by atoms with Gasteiger partial charge in [0.1, 0.15) is 23.9 Å². The van der Waals surface area contributed by atoms with Crippen molar-refractivity contribution in [2.45, 2.75) is 6.54 Å². The zero-order valence-electron chi connectivity index (χ0n) is 12.3. The molecule has 2 aromatic rings. The SMILES string of the molecule is N=C(C(=O)N1CCOc2ccncc2C1)c1cc(F)ccc1N. The number of halogens is 1. The summed E-state index contributed by atoms with van der Waals surface area (Å²) in [7, 11) is 0. The van der Waals surface area contributed by atoms with E-state index in [9.17, 15) is 9.18 Å². The Morgan fingerprint density at radius 1 is 1.39 bits per heavy atom. The lowest BCUT2D eigenvalue weighted by atomic mass is 10.1. The first-order valence-electron chi connectivity index (χ1n) is 7.05. The van der Waals surface area contributed by atoms with Gasteiger partial charge in [0.15, 0.2) is 0 Å². The lowest BCUT2D eigenvalue weighted by Crippen LogP contribution is -2.37. The number of nitrogens with one attached hydrogen (secondary N) is 1. The predicted molar refractivity (Wildman–Crippen MR) is 82.8 cm³/mol. The van der Waals surface area contributed by atoms with E-state index in [1.807, 2.05) is 0 Å². The summed E-state index contributed by atoms with van der Waals surface area (Å²) in [4.78, 5) is 18.1. The van der Waals surface area contributed by atoms with E-state index in [2.05, 4.69) is 4.98 Å². The smallest absolute Gasteiger partial charge is 0.272 e. The molecule has 0 atom stereocenters. The van der Waals surface area contributed by atoms with Gasteiger partial charge in [-0.2, -0.15) is 0 Å². The summed E-state index contributed by atoms with van der Waals surface area (Å²) in [6, 6.07) is 5.37. The summed E-state index contributed by atoms with van der Waals surface area (Å²) in [6.45, 7) is 0.916. The van der Waals surface area contributed by atoms with E-state index in [-0.39, 0.29) is 23.5 Å². The molecule has 118 valence electrons. The van der Waals surface area contributed by atoms with Crippen LogP contribution in [0.5, 0.6) is 5.75 Å². The monoisotopic (exact) mass is 314 g/mol. The van der Waals surface area contributed by atoms with Crippen molar-refractivity contribution in [1.82, 2.24) is 9.88 Å². The summed E-state index contributed by atoms with van der Waals surface area (Å²) in [6.07, 6.45) is 3.24. The molecular weight excluding hydrogens is 299 g/mol. The first-order chi connectivity index (χ1) is 11.1. The number of amides is 1. The van der Waals surface area contributed by atoms with Crippen LogP contribution in [0.3, 0.4) is 0 Å². The maximum Gasteiger partial charge on any atom is 0.272 e. The van der Waals surface area contributed by atoms with Gasteiger partial charge in [-0.1, -0.05) is 0 Å². The van der Waals surface area contributed by atoms with Crippen LogP contribution in [-0.4, -0.2) is 34.7 Å². The summed E-state index contributed by atoms with van der Waals surface area (Å²) in [5.41, 5.74) is 6.46. The number of carbonyl (C=O) groups is 1. The van der Waals surface area contributed by atoms with Crippen LogP contribution in [0.2, 0.25) is 0 Å². The second-order valence-electron chi connectivity index (χ2n) is 5.17. The predicted octanol–water partition coefficient (Wildman–Crippen LogP) is 1.59. The molecule has 1 aliphatic rings. The van der Waals surface area contributed by atoms with E-state index in [4.69, 9.17) is 15.9 Å². The number of hydrogen-bond donors (Lipinski definition) is 2. The van der Waals surface area contributed by atoms with E-state index in [1.54, 1.807) is 18.5 Å². The van der Waals surface area contributed by atoms with Crippen LogP contribution >= 0.6 is 0 Å². The molecule has 0 saturated carbocycles. The van der Waals surface area contributed by atoms with E-state index < -0.39 is 11.7 Å². The maximum atomic E-state index is 13.4. The summed E-state index contributed by atoms with van der Waals surface area (Å²) < 4.78 is 18.9. The van der Waals surface area contributed by atoms with E-state index in [0.717, 1.165) is 11.6 Å². The third kappa shape index (κ3) is 2.98. The highest BCUT2D eigenvalue weighted by atomic mass is 19.1. The number of carbonyl (C=O) groups excluding carboxylic acids is 1. The van der Waals surface area contributed by atoms with Crippen molar-refractivity contribution in [3.63, 3.8) is 0 Å². The van der Waals surface area contributed by atoms with Gasteiger partial charge in [-0.25, -0.2) is 4.39 Å². The average Bonchev–Trinajstić information content (AvgIpc) is 2.78. The number of hydrogen-bond acceptors (Lipinski definition) is 5. The molecule has 0 spiro atoms. The van der Waals surface area contributed by atoms with E-state index in [1.165, 1.54) is 17.0 Å². The Labute approximate surface area is 132 Å². The van der Waals surface area contributed by atoms with Crippen molar-refractivity contribution in [3.05, 3.63) is 53.6 Å². The number of ether oxygens (including phenoxy) is 1. The van der Waals surface area contributed by atoms with Crippen LogP contribution < -0.4 is 10.5 Å². The largest absolute Gasteiger partial charge is 0.491 e. The summed E-state index contributed by atoms with van der Waals surface area (Å²) in [5.74, 6) is -0.393. The minimum absolute atomic E-state index is 0.0894. The number of nitrogens with two attached hydrogens (primary N) is 1. The molecule has 3 rings (SSSR count).